The Kier molecular flexibility index (Phi) is 5.48. The minimum Gasteiger partial charge on any atom is -0.338 e. The van der Waals surface area contributed by atoms with E-state index in [1.165, 1.54) is 15.3 Å². The minimum absolute atomic E-state index is 0.0650. The molecule has 0 aliphatic carbocycles. The lowest BCUT2D eigenvalue weighted by Gasteiger charge is -2.26. The fourth-order valence-corrected chi connectivity index (χ4v) is 4.24. The Morgan fingerprint density at radius 1 is 1.18 bits per heavy atom. The van der Waals surface area contributed by atoms with Gasteiger partial charge in [0.1, 0.15) is 0 Å². The second-order valence-corrected chi connectivity index (χ2v) is 7.44. The quantitative estimate of drug-likeness (QED) is 0.852. The van der Waals surface area contributed by atoms with E-state index in [1.54, 1.807) is 11.3 Å². The van der Waals surface area contributed by atoms with Gasteiger partial charge in [0, 0.05) is 42.5 Å². The van der Waals surface area contributed by atoms with Crippen molar-refractivity contribution in [3.8, 4) is 0 Å². The van der Waals surface area contributed by atoms with E-state index in [2.05, 4.69) is 38.4 Å². The van der Waals surface area contributed by atoms with Crippen molar-refractivity contribution in [2.45, 2.75) is 19.4 Å². The molecule has 118 valence electrons. The summed E-state index contributed by atoms with van der Waals surface area (Å²) in [4.78, 5) is 17.0. The highest BCUT2D eigenvalue weighted by atomic mass is 32.1. The summed E-state index contributed by atoms with van der Waals surface area (Å²) in [7, 11) is 0. The first-order chi connectivity index (χ1) is 10.8. The van der Waals surface area contributed by atoms with Crippen LogP contribution in [-0.2, 0) is 19.4 Å². The van der Waals surface area contributed by atoms with E-state index in [-0.39, 0.29) is 6.03 Å². The maximum atomic E-state index is 11.7. The van der Waals surface area contributed by atoms with Gasteiger partial charge in [-0.1, -0.05) is 6.07 Å². The molecule has 22 heavy (non-hydrogen) atoms. The zero-order valence-corrected chi connectivity index (χ0v) is 14.1. The predicted octanol–water partition coefficient (Wildman–Crippen LogP) is 2.71. The van der Waals surface area contributed by atoms with Crippen molar-refractivity contribution >= 4 is 28.7 Å². The van der Waals surface area contributed by atoms with E-state index in [0.717, 1.165) is 32.5 Å². The Balaban J connectivity index is 1.29. The van der Waals surface area contributed by atoms with Crippen LogP contribution in [0.2, 0.25) is 0 Å². The second-order valence-electron chi connectivity index (χ2n) is 5.41. The van der Waals surface area contributed by atoms with Gasteiger partial charge in [-0.05, 0) is 41.3 Å². The average molecular weight is 335 g/mol. The monoisotopic (exact) mass is 335 g/mol. The molecule has 0 atom stereocenters. The second kappa shape index (κ2) is 7.76. The molecule has 1 aliphatic heterocycles. The van der Waals surface area contributed by atoms with Crippen LogP contribution in [0.25, 0.3) is 0 Å². The first-order valence-corrected chi connectivity index (χ1v) is 9.39. The van der Waals surface area contributed by atoms with E-state index in [9.17, 15) is 4.79 Å². The number of hydrogen-bond donors (Lipinski definition) is 2. The fourth-order valence-electron chi connectivity index (χ4n) is 2.64. The minimum atomic E-state index is -0.0650. The lowest BCUT2D eigenvalue weighted by atomic mass is 10.1. The molecule has 0 radical (unpaired) electrons. The molecule has 0 spiro atoms. The van der Waals surface area contributed by atoms with Crippen molar-refractivity contribution in [3.63, 3.8) is 0 Å². The lowest BCUT2D eigenvalue weighted by Crippen LogP contribution is -2.41. The van der Waals surface area contributed by atoms with Crippen molar-refractivity contribution in [2.24, 2.45) is 0 Å². The van der Waals surface area contributed by atoms with E-state index in [4.69, 9.17) is 0 Å². The number of hydrogen-bond acceptors (Lipinski definition) is 4. The first-order valence-electron chi connectivity index (χ1n) is 7.63. The van der Waals surface area contributed by atoms with Crippen molar-refractivity contribution in [3.05, 3.63) is 44.3 Å². The molecule has 4 nitrogen and oxygen atoms in total. The number of carbonyl (C=O) groups excluding carboxylic acids is 1. The van der Waals surface area contributed by atoms with Crippen LogP contribution in [0.5, 0.6) is 0 Å². The topological polar surface area (TPSA) is 44.4 Å². The zero-order chi connectivity index (χ0) is 15.2. The number of thiophene rings is 2. The third-order valence-corrected chi connectivity index (χ3v) is 5.80. The van der Waals surface area contributed by atoms with Gasteiger partial charge in [0.25, 0.3) is 0 Å². The SMILES string of the molecule is O=C(NCCc1cccs1)NCCN1CCc2sccc2C1. The van der Waals surface area contributed by atoms with Crippen LogP contribution in [0, 0.1) is 0 Å². The highest BCUT2D eigenvalue weighted by Crippen LogP contribution is 2.23. The van der Waals surface area contributed by atoms with E-state index in [0.29, 0.717) is 13.1 Å². The number of nitrogens with zero attached hydrogens (tertiary/aromatic N) is 1. The fraction of sp³-hybridized carbons (Fsp3) is 0.438. The van der Waals surface area contributed by atoms with Crippen molar-refractivity contribution < 1.29 is 4.79 Å². The maximum Gasteiger partial charge on any atom is 0.314 e. The van der Waals surface area contributed by atoms with Crippen LogP contribution in [0.3, 0.4) is 0 Å². The van der Waals surface area contributed by atoms with Crippen LogP contribution in [-0.4, -0.2) is 37.1 Å². The number of rotatable bonds is 6. The molecule has 2 N–H and O–H groups in total. The molecule has 1 aliphatic rings. The highest BCUT2D eigenvalue weighted by Gasteiger charge is 2.16. The Morgan fingerprint density at radius 3 is 2.95 bits per heavy atom. The van der Waals surface area contributed by atoms with Gasteiger partial charge in [-0.3, -0.25) is 4.90 Å². The summed E-state index contributed by atoms with van der Waals surface area (Å²) >= 11 is 3.59. The number of fused-ring (bicyclic) bond motifs is 1. The van der Waals surface area contributed by atoms with Crippen molar-refractivity contribution in [2.75, 3.05) is 26.2 Å². The third-order valence-electron chi connectivity index (χ3n) is 3.84. The van der Waals surface area contributed by atoms with Gasteiger partial charge in [-0.25, -0.2) is 4.79 Å². The Bertz CT molecular complexity index is 594. The summed E-state index contributed by atoms with van der Waals surface area (Å²) in [5.41, 5.74) is 1.46. The smallest absolute Gasteiger partial charge is 0.314 e. The Labute approximate surface area is 139 Å². The molecule has 0 saturated heterocycles. The van der Waals surface area contributed by atoms with Crippen molar-refractivity contribution in [1.82, 2.24) is 15.5 Å². The Morgan fingerprint density at radius 2 is 2.09 bits per heavy atom. The third kappa shape index (κ3) is 4.32. The van der Waals surface area contributed by atoms with Gasteiger partial charge < -0.3 is 10.6 Å². The molecule has 0 fully saturated rings. The molecule has 2 amide bonds. The molecule has 0 unspecified atom stereocenters. The van der Waals surface area contributed by atoms with Gasteiger partial charge in [0.05, 0.1) is 0 Å². The van der Waals surface area contributed by atoms with Crippen LogP contribution < -0.4 is 10.6 Å². The number of amides is 2. The largest absolute Gasteiger partial charge is 0.338 e. The van der Waals surface area contributed by atoms with Crippen molar-refractivity contribution in [1.29, 1.82) is 0 Å². The number of nitrogens with one attached hydrogen (secondary N) is 2. The molecule has 2 aromatic rings. The van der Waals surface area contributed by atoms with Crippen LogP contribution >= 0.6 is 22.7 Å². The molecule has 0 aromatic carbocycles. The molecular weight excluding hydrogens is 314 g/mol. The molecule has 0 saturated carbocycles. The lowest BCUT2D eigenvalue weighted by molar-refractivity contribution is 0.231. The molecule has 2 aromatic heterocycles. The summed E-state index contributed by atoms with van der Waals surface area (Å²) < 4.78 is 0. The van der Waals surface area contributed by atoms with E-state index >= 15 is 0 Å². The highest BCUT2D eigenvalue weighted by molar-refractivity contribution is 7.10. The molecule has 0 bridgehead atoms. The molecule has 6 heteroatoms. The van der Waals surface area contributed by atoms with Gasteiger partial charge in [-0.15, -0.1) is 22.7 Å². The standard InChI is InChI=1S/C16H21N3OS2/c20-16(17-6-3-14-2-1-10-21-14)18-7-9-19-8-4-15-13(12-19)5-11-22-15/h1-2,5,10-11H,3-4,6-9,12H2,(H2,17,18,20). The zero-order valence-electron chi connectivity index (χ0n) is 12.5. The maximum absolute atomic E-state index is 11.7. The predicted molar refractivity (Wildman–Crippen MR) is 92.7 cm³/mol. The molecule has 3 heterocycles. The number of urea groups is 1. The van der Waals surface area contributed by atoms with Crippen LogP contribution in [0.4, 0.5) is 4.79 Å². The van der Waals surface area contributed by atoms with Gasteiger partial charge in [0.2, 0.25) is 0 Å². The van der Waals surface area contributed by atoms with E-state index in [1.807, 2.05) is 17.4 Å². The average Bonchev–Trinajstić information content (AvgIpc) is 3.17. The number of carbonyl (C=O) groups is 1. The van der Waals surface area contributed by atoms with E-state index < -0.39 is 0 Å². The van der Waals surface area contributed by atoms with Gasteiger partial charge >= 0.3 is 6.03 Å². The summed E-state index contributed by atoms with van der Waals surface area (Å²) in [5, 5.41) is 10.1. The van der Waals surface area contributed by atoms with Crippen LogP contribution in [0.1, 0.15) is 15.3 Å². The summed E-state index contributed by atoms with van der Waals surface area (Å²) in [6, 6.07) is 6.29. The van der Waals surface area contributed by atoms with Gasteiger partial charge in [0.15, 0.2) is 0 Å². The molecule has 3 rings (SSSR count). The summed E-state index contributed by atoms with van der Waals surface area (Å²) in [6.07, 6.45) is 2.04. The first kappa shape index (κ1) is 15.5. The summed E-state index contributed by atoms with van der Waals surface area (Å²) in [6.45, 7) is 4.40. The normalized spacial score (nSPS) is 14.5. The van der Waals surface area contributed by atoms with Gasteiger partial charge in [-0.2, -0.15) is 0 Å². The Hall–Kier alpha value is -1.37. The van der Waals surface area contributed by atoms with Crippen LogP contribution in [0.15, 0.2) is 29.0 Å². The summed E-state index contributed by atoms with van der Waals surface area (Å²) in [5.74, 6) is 0. The molecular formula is C16H21N3OS2.